The summed E-state index contributed by atoms with van der Waals surface area (Å²) in [6, 6.07) is 15.0. The first kappa shape index (κ1) is 23.7. The number of aryl methyl sites for hydroxylation is 2. The molecule has 178 valence electrons. The van der Waals surface area contributed by atoms with Crippen LogP contribution in [0.1, 0.15) is 34.3 Å². The number of pyridine rings is 1. The topological polar surface area (TPSA) is 107 Å². The van der Waals surface area contributed by atoms with Crippen molar-refractivity contribution in [2.24, 2.45) is 0 Å². The van der Waals surface area contributed by atoms with E-state index < -0.39 is 10.0 Å². The van der Waals surface area contributed by atoms with Crippen LogP contribution in [0.15, 0.2) is 65.7 Å². The van der Waals surface area contributed by atoms with Crippen molar-refractivity contribution in [1.82, 2.24) is 10.3 Å². The quantitative estimate of drug-likeness (QED) is 0.499. The van der Waals surface area contributed by atoms with Crippen LogP contribution < -0.4 is 14.8 Å². The number of hydrogen-bond donors (Lipinski definition) is 2. The van der Waals surface area contributed by atoms with Crippen molar-refractivity contribution in [3.8, 4) is 11.6 Å². The van der Waals surface area contributed by atoms with Gasteiger partial charge in [0.05, 0.1) is 16.6 Å². The second kappa shape index (κ2) is 10.2. The Labute approximate surface area is 199 Å². The molecule has 1 aliphatic rings. The fraction of sp³-hybridized carbons (Fsp3) is 0.280. The van der Waals surface area contributed by atoms with Crippen molar-refractivity contribution in [2.45, 2.75) is 37.7 Å². The summed E-state index contributed by atoms with van der Waals surface area (Å²) in [7, 11) is -3.70. The summed E-state index contributed by atoms with van der Waals surface area (Å²) in [5.74, 6) is 0.590. The highest BCUT2D eigenvalue weighted by Crippen LogP contribution is 2.24. The molecule has 1 saturated heterocycles. The van der Waals surface area contributed by atoms with Gasteiger partial charge in [0.1, 0.15) is 5.75 Å². The van der Waals surface area contributed by atoms with Gasteiger partial charge in [0.25, 0.3) is 15.9 Å². The van der Waals surface area contributed by atoms with E-state index in [9.17, 15) is 13.2 Å². The first-order valence-corrected chi connectivity index (χ1v) is 12.5. The molecule has 1 aromatic heterocycles. The lowest BCUT2D eigenvalue weighted by molar-refractivity contribution is 0.0857. The molecule has 0 radical (unpaired) electrons. The third-order valence-electron chi connectivity index (χ3n) is 5.46. The molecule has 1 atom stereocenters. The van der Waals surface area contributed by atoms with Crippen LogP contribution in [0.5, 0.6) is 11.6 Å². The van der Waals surface area contributed by atoms with Gasteiger partial charge in [0.2, 0.25) is 5.88 Å². The molecule has 1 fully saturated rings. The van der Waals surface area contributed by atoms with E-state index >= 15 is 0 Å². The van der Waals surface area contributed by atoms with Gasteiger partial charge in [-0.05, 0) is 68.7 Å². The minimum Gasteiger partial charge on any atom is -0.439 e. The minimum absolute atomic E-state index is 0.0767. The zero-order chi connectivity index (χ0) is 24.1. The Bertz CT molecular complexity index is 1250. The number of nitrogens with one attached hydrogen (secondary N) is 2. The fourth-order valence-electron chi connectivity index (χ4n) is 3.71. The SMILES string of the molecule is Cc1ccc(S(=O)(=O)Nc2ccc(Oc3ccc(C(=O)NC[C@@H]4CCCO4)cn3)cc2)c(C)c1. The van der Waals surface area contributed by atoms with Crippen molar-refractivity contribution in [1.29, 1.82) is 0 Å². The van der Waals surface area contributed by atoms with Gasteiger partial charge in [-0.1, -0.05) is 17.7 Å². The Balaban J connectivity index is 1.34. The number of carbonyl (C=O) groups is 1. The van der Waals surface area contributed by atoms with Crippen LogP contribution >= 0.6 is 0 Å². The molecular formula is C25H27N3O5S. The molecule has 9 heteroatoms. The molecule has 3 aromatic rings. The summed E-state index contributed by atoms with van der Waals surface area (Å²) >= 11 is 0. The molecule has 34 heavy (non-hydrogen) atoms. The number of hydrogen-bond acceptors (Lipinski definition) is 6. The van der Waals surface area contributed by atoms with Crippen LogP contribution in [0.2, 0.25) is 0 Å². The van der Waals surface area contributed by atoms with Gasteiger partial charge >= 0.3 is 0 Å². The molecule has 0 saturated carbocycles. The molecule has 0 spiro atoms. The van der Waals surface area contributed by atoms with Gasteiger partial charge in [-0.2, -0.15) is 0 Å². The molecule has 1 amide bonds. The monoisotopic (exact) mass is 481 g/mol. The van der Waals surface area contributed by atoms with Crippen LogP contribution in [-0.4, -0.2) is 38.6 Å². The first-order chi connectivity index (χ1) is 16.3. The van der Waals surface area contributed by atoms with Crippen LogP contribution in [0.4, 0.5) is 5.69 Å². The number of carbonyl (C=O) groups excluding carboxylic acids is 1. The lowest BCUT2D eigenvalue weighted by Crippen LogP contribution is -2.31. The molecule has 0 aliphatic carbocycles. The molecule has 2 aromatic carbocycles. The summed E-state index contributed by atoms with van der Waals surface area (Å²) in [5, 5.41) is 2.85. The van der Waals surface area contributed by atoms with Gasteiger partial charge in [-0.15, -0.1) is 0 Å². The Morgan fingerprint density at radius 2 is 1.91 bits per heavy atom. The van der Waals surface area contributed by atoms with Crippen molar-refractivity contribution < 1.29 is 22.7 Å². The van der Waals surface area contributed by atoms with E-state index in [1.54, 1.807) is 55.5 Å². The average molecular weight is 482 g/mol. The summed E-state index contributed by atoms with van der Waals surface area (Å²) < 4.78 is 39.3. The van der Waals surface area contributed by atoms with Crippen molar-refractivity contribution in [3.05, 3.63) is 77.5 Å². The number of nitrogens with zero attached hydrogens (tertiary/aromatic N) is 1. The largest absolute Gasteiger partial charge is 0.439 e. The number of amides is 1. The second-order valence-corrected chi connectivity index (χ2v) is 9.88. The van der Waals surface area contributed by atoms with Crippen molar-refractivity contribution in [2.75, 3.05) is 17.9 Å². The summed E-state index contributed by atoms with van der Waals surface area (Å²) in [6.07, 6.45) is 3.50. The van der Waals surface area contributed by atoms with Crippen LogP contribution in [0, 0.1) is 13.8 Å². The Morgan fingerprint density at radius 3 is 2.56 bits per heavy atom. The maximum absolute atomic E-state index is 12.7. The van der Waals surface area contributed by atoms with Crippen LogP contribution in [0.3, 0.4) is 0 Å². The smallest absolute Gasteiger partial charge is 0.262 e. The lowest BCUT2D eigenvalue weighted by Gasteiger charge is -2.12. The van der Waals surface area contributed by atoms with E-state index in [2.05, 4.69) is 15.0 Å². The number of ether oxygens (including phenoxy) is 2. The Hall–Kier alpha value is -3.43. The van der Waals surface area contributed by atoms with E-state index in [1.165, 1.54) is 6.20 Å². The molecule has 0 bridgehead atoms. The maximum atomic E-state index is 12.7. The van der Waals surface area contributed by atoms with Crippen molar-refractivity contribution >= 4 is 21.6 Å². The molecule has 2 heterocycles. The first-order valence-electron chi connectivity index (χ1n) is 11.0. The number of sulfonamides is 1. The third kappa shape index (κ3) is 5.92. The fourth-order valence-corrected chi connectivity index (χ4v) is 5.00. The van der Waals surface area contributed by atoms with Gasteiger partial charge in [0.15, 0.2) is 0 Å². The van der Waals surface area contributed by atoms with Gasteiger partial charge in [-0.3, -0.25) is 9.52 Å². The average Bonchev–Trinajstić information content (AvgIpc) is 3.32. The zero-order valence-corrected chi connectivity index (χ0v) is 19.9. The minimum atomic E-state index is -3.70. The maximum Gasteiger partial charge on any atom is 0.262 e. The molecule has 1 aliphatic heterocycles. The Kier molecular flexibility index (Phi) is 7.14. The summed E-state index contributed by atoms with van der Waals surface area (Å²) in [5.41, 5.74) is 2.53. The van der Waals surface area contributed by atoms with E-state index in [1.807, 2.05) is 13.0 Å². The lowest BCUT2D eigenvalue weighted by atomic mass is 10.2. The van der Waals surface area contributed by atoms with E-state index in [4.69, 9.17) is 9.47 Å². The summed E-state index contributed by atoms with van der Waals surface area (Å²) in [4.78, 5) is 16.7. The zero-order valence-electron chi connectivity index (χ0n) is 19.1. The van der Waals surface area contributed by atoms with Crippen LogP contribution in [-0.2, 0) is 14.8 Å². The molecule has 8 nitrogen and oxygen atoms in total. The molecule has 0 unspecified atom stereocenters. The van der Waals surface area contributed by atoms with Gasteiger partial charge in [-0.25, -0.2) is 13.4 Å². The normalized spacial score (nSPS) is 15.6. The highest BCUT2D eigenvalue weighted by molar-refractivity contribution is 7.92. The number of anilines is 1. The van der Waals surface area contributed by atoms with Crippen LogP contribution in [0.25, 0.3) is 0 Å². The Morgan fingerprint density at radius 1 is 1.12 bits per heavy atom. The van der Waals surface area contributed by atoms with E-state index in [0.717, 1.165) is 25.0 Å². The standard InChI is InChI=1S/C25H27N3O5S/c1-17-5-11-23(18(2)14-17)34(30,31)28-20-7-9-21(10-8-20)33-24-12-6-19(15-26-24)25(29)27-16-22-4-3-13-32-22/h5-12,14-15,22,28H,3-4,13,16H2,1-2H3,(H,27,29)/t22-/m0/s1. The highest BCUT2D eigenvalue weighted by atomic mass is 32.2. The molecule has 2 N–H and O–H groups in total. The van der Waals surface area contributed by atoms with Gasteiger partial charge < -0.3 is 14.8 Å². The third-order valence-corrected chi connectivity index (χ3v) is 7.00. The van der Waals surface area contributed by atoms with Crippen molar-refractivity contribution in [3.63, 3.8) is 0 Å². The number of aromatic nitrogens is 1. The molecule has 4 rings (SSSR count). The number of rotatable bonds is 8. The predicted octanol–water partition coefficient (Wildman–Crippen LogP) is 4.20. The van der Waals surface area contributed by atoms with Gasteiger partial charge in [0, 0.05) is 31.1 Å². The van der Waals surface area contributed by atoms with E-state index in [0.29, 0.717) is 35.0 Å². The molecular weight excluding hydrogens is 454 g/mol. The predicted molar refractivity (Wildman–Crippen MR) is 129 cm³/mol. The second-order valence-electron chi connectivity index (χ2n) is 8.23. The summed E-state index contributed by atoms with van der Waals surface area (Å²) in [6.45, 7) is 4.91. The number of benzene rings is 2. The van der Waals surface area contributed by atoms with E-state index in [-0.39, 0.29) is 16.9 Å². The highest BCUT2D eigenvalue weighted by Gasteiger charge is 2.18.